The molecule has 0 spiro atoms. The maximum absolute atomic E-state index is 6.50. The van der Waals surface area contributed by atoms with E-state index in [0.29, 0.717) is 28.9 Å². The van der Waals surface area contributed by atoms with Crippen LogP contribution in [0, 0.1) is 23.7 Å². The topological polar surface area (TPSA) is 0 Å². The Morgan fingerprint density at radius 1 is 1.14 bits per heavy atom. The molecule has 4 rings (SSSR count). The van der Waals surface area contributed by atoms with Gasteiger partial charge in [0, 0.05) is 27.5 Å². The first kappa shape index (κ1) is 15.2. The molecule has 3 heteroatoms. The lowest BCUT2D eigenvalue weighted by Crippen LogP contribution is -2.26. The molecule has 4 aliphatic rings. The van der Waals surface area contributed by atoms with E-state index >= 15 is 0 Å². The van der Waals surface area contributed by atoms with E-state index < -0.39 is 0 Å². The summed E-state index contributed by atoms with van der Waals surface area (Å²) in [6, 6.07) is 0. The van der Waals surface area contributed by atoms with E-state index in [4.69, 9.17) is 23.2 Å². The standard InChI is InChI=1S/C19H20Cl2S/c1-11-16(20)8-13(9-17(11)21)12-6-7-15-14-4-2-3-5-18(14)22-19(15)10-12/h2-8,11-14,17-18H,9-10H2,1H3. The highest BCUT2D eigenvalue weighted by Crippen LogP contribution is 2.51. The molecule has 0 aromatic heterocycles. The normalized spacial score (nSPS) is 43.1. The third-order valence-corrected chi connectivity index (χ3v) is 7.82. The largest absolute Gasteiger partial charge is 0.122 e. The predicted octanol–water partition coefficient (Wildman–Crippen LogP) is 6.06. The molecule has 0 aromatic rings. The highest BCUT2D eigenvalue weighted by Gasteiger charge is 2.37. The van der Waals surface area contributed by atoms with Crippen molar-refractivity contribution < 1.29 is 0 Å². The molecule has 0 amide bonds. The highest BCUT2D eigenvalue weighted by molar-refractivity contribution is 8.04. The maximum Gasteiger partial charge on any atom is 0.0416 e. The number of hydrogen-bond acceptors (Lipinski definition) is 1. The van der Waals surface area contributed by atoms with Gasteiger partial charge < -0.3 is 0 Å². The fraction of sp³-hybridized carbons (Fsp3) is 0.474. The average molecular weight is 351 g/mol. The van der Waals surface area contributed by atoms with Crippen molar-refractivity contribution in [1.29, 1.82) is 0 Å². The number of rotatable bonds is 1. The van der Waals surface area contributed by atoms with Crippen molar-refractivity contribution in [2.45, 2.75) is 30.4 Å². The van der Waals surface area contributed by atoms with Gasteiger partial charge in [0.15, 0.2) is 0 Å². The van der Waals surface area contributed by atoms with E-state index in [-0.39, 0.29) is 5.38 Å². The third-order valence-electron chi connectivity index (χ3n) is 5.39. The summed E-state index contributed by atoms with van der Waals surface area (Å²) in [5, 5.41) is 1.71. The van der Waals surface area contributed by atoms with Gasteiger partial charge in [-0.25, -0.2) is 0 Å². The van der Waals surface area contributed by atoms with Gasteiger partial charge in [0.2, 0.25) is 0 Å². The summed E-state index contributed by atoms with van der Waals surface area (Å²) in [4.78, 5) is 1.58. The van der Waals surface area contributed by atoms with Crippen LogP contribution in [0.15, 0.2) is 58.0 Å². The minimum atomic E-state index is 0.163. The molecule has 0 radical (unpaired) electrons. The van der Waals surface area contributed by atoms with Gasteiger partial charge in [0.1, 0.15) is 0 Å². The number of thioether (sulfide) groups is 1. The zero-order valence-electron chi connectivity index (χ0n) is 12.6. The molecule has 0 nitrogen and oxygen atoms in total. The lowest BCUT2D eigenvalue weighted by molar-refractivity contribution is 0.389. The molecule has 0 saturated carbocycles. The van der Waals surface area contributed by atoms with Crippen LogP contribution in [0.3, 0.4) is 0 Å². The van der Waals surface area contributed by atoms with Crippen LogP contribution in [0.5, 0.6) is 0 Å². The second-order valence-corrected chi connectivity index (χ2v) is 9.01. The molecule has 22 heavy (non-hydrogen) atoms. The molecular weight excluding hydrogens is 331 g/mol. The van der Waals surface area contributed by atoms with Crippen molar-refractivity contribution in [3.8, 4) is 0 Å². The van der Waals surface area contributed by atoms with Crippen molar-refractivity contribution in [2.24, 2.45) is 23.7 Å². The monoisotopic (exact) mass is 350 g/mol. The molecule has 6 unspecified atom stereocenters. The molecule has 1 heterocycles. The molecule has 0 N–H and O–H groups in total. The minimum Gasteiger partial charge on any atom is -0.122 e. The summed E-state index contributed by atoms with van der Waals surface area (Å²) < 4.78 is 0. The van der Waals surface area contributed by atoms with Gasteiger partial charge in [-0.05, 0) is 35.2 Å². The number of allylic oxidation sites excluding steroid dienone is 9. The summed E-state index contributed by atoms with van der Waals surface area (Å²) >= 11 is 15.0. The van der Waals surface area contributed by atoms with Gasteiger partial charge in [-0.15, -0.1) is 23.4 Å². The molecule has 0 fully saturated rings. The summed E-state index contributed by atoms with van der Waals surface area (Å²) in [5.74, 6) is 1.89. The van der Waals surface area contributed by atoms with Crippen molar-refractivity contribution in [2.75, 3.05) is 0 Å². The molecular formula is C19H20Cl2S. The fourth-order valence-electron chi connectivity index (χ4n) is 3.93. The van der Waals surface area contributed by atoms with E-state index in [1.807, 2.05) is 0 Å². The van der Waals surface area contributed by atoms with E-state index in [9.17, 15) is 0 Å². The first-order valence-electron chi connectivity index (χ1n) is 8.07. The Balaban J connectivity index is 1.53. The quantitative estimate of drug-likeness (QED) is 0.518. The van der Waals surface area contributed by atoms with E-state index in [1.54, 1.807) is 4.91 Å². The first-order valence-corrected chi connectivity index (χ1v) is 9.77. The van der Waals surface area contributed by atoms with E-state index in [0.717, 1.165) is 17.9 Å². The van der Waals surface area contributed by atoms with Crippen LogP contribution in [0.4, 0.5) is 0 Å². The van der Waals surface area contributed by atoms with Crippen LogP contribution >= 0.6 is 35.0 Å². The molecule has 1 aliphatic heterocycles. The Bertz CT molecular complexity index is 625. The lowest BCUT2D eigenvalue weighted by atomic mass is 9.76. The Hall–Kier alpha value is -0.370. The van der Waals surface area contributed by atoms with Crippen LogP contribution in [0.2, 0.25) is 0 Å². The Morgan fingerprint density at radius 3 is 2.77 bits per heavy atom. The number of halogens is 2. The summed E-state index contributed by atoms with van der Waals surface area (Å²) in [5.41, 5.74) is 1.54. The maximum atomic E-state index is 6.50. The van der Waals surface area contributed by atoms with Gasteiger partial charge in [-0.2, -0.15) is 0 Å². The van der Waals surface area contributed by atoms with Gasteiger partial charge in [-0.1, -0.05) is 61.1 Å². The Morgan fingerprint density at radius 2 is 1.95 bits per heavy atom. The van der Waals surface area contributed by atoms with Crippen LogP contribution < -0.4 is 0 Å². The molecule has 116 valence electrons. The second kappa shape index (κ2) is 5.92. The third kappa shape index (κ3) is 2.56. The lowest BCUT2D eigenvalue weighted by Gasteiger charge is -2.33. The minimum absolute atomic E-state index is 0.163. The Labute approximate surface area is 147 Å². The molecule has 0 aromatic carbocycles. The molecule has 0 bridgehead atoms. The zero-order valence-corrected chi connectivity index (χ0v) is 14.9. The van der Waals surface area contributed by atoms with Crippen molar-refractivity contribution in [1.82, 2.24) is 0 Å². The number of alkyl halides is 1. The van der Waals surface area contributed by atoms with Gasteiger partial charge in [0.05, 0.1) is 0 Å². The first-order chi connectivity index (χ1) is 10.6. The van der Waals surface area contributed by atoms with Gasteiger partial charge >= 0.3 is 0 Å². The second-order valence-electron chi connectivity index (χ2n) is 6.74. The summed E-state index contributed by atoms with van der Waals surface area (Å²) in [6.07, 6.45) is 18.3. The van der Waals surface area contributed by atoms with Crippen LogP contribution in [-0.4, -0.2) is 10.6 Å². The predicted molar refractivity (Wildman–Crippen MR) is 98.3 cm³/mol. The number of fused-ring (bicyclic) bond motifs is 2. The van der Waals surface area contributed by atoms with E-state index in [1.165, 1.54) is 5.57 Å². The smallest absolute Gasteiger partial charge is 0.0416 e. The SMILES string of the molecule is CC1C(Cl)=CC(C2C=CC3=C(C2)SC2C=CC=CC32)CC1Cl. The molecule has 3 aliphatic carbocycles. The average Bonchev–Trinajstić information content (AvgIpc) is 2.89. The molecule has 0 saturated heterocycles. The van der Waals surface area contributed by atoms with Crippen LogP contribution in [0.25, 0.3) is 0 Å². The van der Waals surface area contributed by atoms with Gasteiger partial charge in [-0.3, -0.25) is 0 Å². The van der Waals surface area contributed by atoms with Gasteiger partial charge in [0.25, 0.3) is 0 Å². The number of hydrogen-bond donors (Lipinski definition) is 0. The zero-order chi connectivity index (χ0) is 15.3. The van der Waals surface area contributed by atoms with E-state index in [2.05, 4.69) is 61.2 Å². The van der Waals surface area contributed by atoms with Crippen LogP contribution in [-0.2, 0) is 0 Å². The fourth-order valence-corrected chi connectivity index (χ4v) is 6.16. The molecule has 6 atom stereocenters. The van der Waals surface area contributed by atoms with Crippen LogP contribution in [0.1, 0.15) is 19.8 Å². The Kier molecular flexibility index (Phi) is 4.09. The summed E-state index contributed by atoms with van der Waals surface area (Å²) in [7, 11) is 0. The van der Waals surface area contributed by atoms with Crippen molar-refractivity contribution in [3.05, 3.63) is 58.0 Å². The van der Waals surface area contributed by atoms with Crippen molar-refractivity contribution in [3.63, 3.8) is 0 Å². The highest BCUT2D eigenvalue weighted by atomic mass is 35.5. The van der Waals surface area contributed by atoms with Crippen molar-refractivity contribution >= 4 is 35.0 Å². The summed E-state index contributed by atoms with van der Waals surface area (Å²) in [6.45, 7) is 2.13.